The Morgan fingerprint density at radius 1 is 1.20 bits per heavy atom. The van der Waals surface area contributed by atoms with Crippen LogP contribution in [0.1, 0.15) is 36.1 Å². The van der Waals surface area contributed by atoms with Gasteiger partial charge in [-0.05, 0) is 73.5 Å². The summed E-state index contributed by atoms with van der Waals surface area (Å²) < 4.78 is 5.35. The first-order valence-electron chi connectivity index (χ1n) is 12.1. The zero-order valence-electron chi connectivity index (χ0n) is 19.9. The number of nitrogens with zero attached hydrogens (tertiary/aromatic N) is 3. The van der Waals surface area contributed by atoms with E-state index in [1.807, 2.05) is 54.7 Å². The molecule has 0 saturated carbocycles. The molecule has 1 aromatic heterocycles. The largest absolute Gasteiger partial charge is 0.497 e. The minimum absolute atomic E-state index is 0.0447. The van der Waals surface area contributed by atoms with E-state index in [9.17, 15) is 9.90 Å². The number of carbonyl (C=O) groups excluding carboxylic acids is 1. The fraction of sp³-hybridized carbons (Fsp3) is 0.370. The number of aliphatic imine (C=N–C) groups is 1. The summed E-state index contributed by atoms with van der Waals surface area (Å²) >= 11 is 0. The molecule has 3 N–H and O–H groups in total. The average Bonchev–Trinajstić information content (AvgIpc) is 3.73. The molecule has 0 spiro atoms. The third-order valence-corrected chi connectivity index (χ3v) is 6.72. The van der Waals surface area contributed by atoms with Crippen LogP contribution in [0.2, 0.25) is 0 Å². The first-order valence-corrected chi connectivity index (χ1v) is 12.1. The summed E-state index contributed by atoms with van der Waals surface area (Å²) in [6, 6.07) is 15.9. The first-order chi connectivity index (χ1) is 17.1. The molecule has 3 heterocycles. The average molecular weight is 474 g/mol. The van der Waals surface area contributed by atoms with E-state index in [4.69, 9.17) is 4.74 Å². The number of rotatable bonds is 9. The summed E-state index contributed by atoms with van der Waals surface area (Å²) in [5, 5.41) is 18.3. The molecule has 0 radical (unpaired) electrons. The molecule has 2 unspecified atom stereocenters. The minimum atomic E-state index is -0.611. The molecule has 1 amide bonds. The van der Waals surface area contributed by atoms with Crippen molar-refractivity contribution in [3.05, 3.63) is 65.9 Å². The van der Waals surface area contributed by atoms with Gasteiger partial charge in [-0.15, -0.1) is 0 Å². The Morgan fingerprint density at radius 3 is 2.80 bits per heavy atom. The van der Waals surface area contributed by atoms with Crippen molar-refractivity contribution in [3.63, 3.8) is 0 Å². The molecule has 8 nitrogen and oxygen atoms in total. The number of fused-ring (bicyclic) bond motifs is 1. The van der Waals surface area contributed by atoms with Crippen molar-refractivity contribution in [2.45, 2.75) is 31.0 Å². The molecule has 0 aliphatic carbocycles. The van der Waals surface area contributed by atoms with Crippen molar-refractivity contribution in [3.8, 4) is 5.75 Å². The molecule has 0 bridgehead atoms. The van der Waals surface area contributed by atoms with Gasteiger partial charge in [0.15, 0.2) is 0 Å². The van der Waals surface area contributed by atoms with Gasteiger partial charge in [-0.25, -0.2) is 0 Å². The molecule has 5 rings (SSSR count). The molecule has 1 fully saturated rings. The number of anilines is 1. The third kappa shape index (κ3) is 5.85. The molecule has 2 aliphatic heterocycles. The van der Waals surface area contributed by atoms with Gasteiger partial charge in [-0.1, -0.05) is 12.1 Å². The fourth-order valence-corrected chi connectivity index (χ4v) is 4.68. The van der Waals surface area contributed by atoms with Gasteiger partial charge in [-0.2, -0.15) is 0 Å². The summed E-state index contributed by atoms with van der Waals surface area (Å²) in [6.07, 6.45) is 4.88. The minimum Gasteiger partial charge on any atom is -0.497 e. The zero-order chi connectivity index (χ0) is 24.2. The highest BCUT2D eigenvalue weighted by molar-refractivity contribution is 5.92. The highest BCUT2D eigenvalue weighted by atomic mass is 16.5. The van der Waals surface area contributed by atoms with Crippen LogP contribution < -0.4 is 15.4 Å². The van der Waals surface area contributed by atoms with Crippen molar-refractivity contribution in [2.75, 3.05) is 38.6 Å². The molecule has 2 aromatic carbocycles. The van der Waals surface area contributed by atoms with E-state index < -0.39 is 6.10 Å². The maximum atomic E-state index is 12.4. The molecule has 2 aliphatic rings. The molecule has 182 valence electrons. The lowest BCUT2D eigenvalue weighted by atomic mass is 10.0. The van der Waals surface area contributed by atoms with Crippen LogP contribution in [0.3, 0.4) is 0 Å². The second-order valence-corrected chi connectivity index (χ2v) is 9.17. The molecule has 1 saturated heterocycles. The van der Waals surface area contributed by atoms with Crippen LogP contribution in [-0.2, 0) is 4.79 Å². The van der Waals surface area contributed by atoms with E-state index in [-0.39, 0.29) is 24.5 Å². The van der Waals surface area contributed by atoms with E-state index in [1.54, 1.807) is 13.3 Å². The van der Waals surface area contributed by atoms with Gasteiger partial charge in [0.1, 0.15) is 11.8 Å². The maximum Gasteiger partial charge on any atom is 0.238 e. The number of methoxy groups -OCH3 is 1. The monoisotopic (exact) mass is 473 g/mol. The maximum absolute atomic E-state index is 12.4. The molecular formula is C27H31N5O3. The quantitative estimate of drug-likeness (QED) is 0.442. The predicted molar refractivity (Wildman–Crippen MR) is 137 cm³/mol. The van der Waals surface area contributed by atoms with Crippen LogP contribution in [0.4, 0.5) is 5.69 Å². The first kappa shape index (κ1) is 23.4. The lowest BCUT2D eigenvalue weighted by Crippen LogP contribution is -2.45. The number of hydrogen-bond donors (Lipinski definition) is 3. The van der Waals surface area contributed by atoms with Gasteiger partial charge >= 0.3 is 0 Å². The third-order valence-electron chi connectivity index (χ3n) is 6.72. The van der Waals surface area contributed by atoms with Crippen LogP contribution in [0.5, 0.6) is 5.75 Å². The standard InChI is InChI=1S/C27H31N5O3/c1-35-21-5-6-24-23(14-21)22(7-10-28-24)26(33)17-32-11-8-19(9-12-32)29-16-27(34)31-20-4-2-3-18(13-20)25-15-30-25/h2-7,10,13-15,19,25-26,29,33H,8-9,11-12,16-17H2,1H3,(H,31,34). The number of pyridine rings is 1. The van der Waals surface area contributed by atoms with Crippen LogP contribution >= 0.6 is 0 Å². The lowest BCUT2D eigenvalue weighted by molar-refractivity contribution is -0.115. The molecule has 2 atom stereocenters. The van der Waals surface area contributed by atoms with Crippen LogP contribution in [0.15, 0.2) is 59.7 Å². The summed E-state index contributed by atoms with van der Waals surface area (Å²) in [5.41, 5.74) is 3.61. The van der Waals surface area contributed by atoms with Crippen molar-refractivity contribution < 1.29 is 14.6 Å². The Hall–Kier alpha value is -3.33. The Morgan fingerprint density at radius 2 is 2.03 bits per heavy atom. The van der Waals surface area contributed by atoms with Gasteiger partial charge in [0.25, 0.3) is 0 Å². The summed E-state index contributed by atoms with van der Waals surface area (Å²) in [5.74, 6) is 0.705. The smallest absolute Gasteiger partial charge is 0.238 e. The number of likely N-dealkylation sites (tertiary alicyclic amines) is 1. The fourth-order valence-electron chi connectivity index (χ4n) is 4.68. The summed E-state index contributed by atoms with van der Waals surface area (Å²) in [7, 11) is 1.64. The highest BCUT2D eigenvalue weighted by Gasteiger charge is 2.23. The number of ether oxygens (including phenoxy) is 1. The summed E-state index contributed by atoms with van der Waals surface area (Å²) in [4.78, 5) is 23.3. The number of aliphatic hydroxyl groups excluding tert-OH is 1. The predicted octanol–water partition coefficient (Wildman–Crippen LogP) is 3.10. The number of carbonyl (C=O) groups is 1. The Labute approximate surface area is 205 Å². The number of nitrogens with one attached hydrogen (secondary N) is 2. The Balaban J connectivity index is 1.08. The molecule has 35 heavy (non-hydrogen) atoms. The van der Waals surface area contributed by atoms with Crippen molar-refractivity contribution >= 4 is 28.7 Å². The molecule has 8 heteroatoms. The number of β-amino-alcohol motifs (C(OH)–C–C–N with tert-alkyl or cyclic N) is 1. The van der Waals surface area contributed by atoms with Gasteiger partial charge < -0.3 is 25.4 Å². The van der Waals surface area contributed by atoms with Crippen LogP contribution in [0, 0.1) is 0 Å². The Bertz CT molecular complexity index is 1220. The highest BCUT2D eigenvalue weighted by Crippen LogP contribution is 2.28. The second kappa shape index (κ2) is 10.5. The van der Waals surface area contributed by atoms with E-state index in [0.717, 1.165) is 59.4 Å². The topological polar surface area (TPSA) is 99.1 Å². The molecule has 3 aromatic rings. The van der Waals surface area contributed by atoms with Crippen molar-refractivity contribution in [2.24, 2.45) is 4.99 Å². The normalized spacial score (nSPS) is 19.0. The Kier molecular flexibility index (Phi) is 7.03. The van der Waals surface area contributed by atoms with Gasteiger partial charge in [-0.3, -0.25) is 14.8 Å². The number of piperidine rings is 1. The van der Waals surface area contributed by atoms with E-state index in [1.165, 1.54) is 0 Å². The van der Waals surface area contributed by atoms with Gasteiger partial charge in [0.05, 0.1) is 25.3 Å². The number of hydrogen-bond acceptors (Lipinski definition) is 7. The number of aliphatic hydroxyl groups is 1. The molecular weight excluding hydrogens is 442 g/mol. The van der Waals surface area contributed by atoms with Gasteiger partial charge in [0.2, 0.25) is 5.91 Å². The van der Waals surface area contributed by atoms with Gasteiger partial charge in [0, 0.05) is 36.1 Å². The number of amides is 1. The van der Waals surface area contributed by atoms with E-state index in [0.29, 0.717) is 6.54 Å². The van der Waals surface area contributed by atoms with Crippen LogP contribution in [0.25, 0.3) is 10.9 Å². The van der Waals surface area contributed by atoms with E-state index in [2.05, 4.69) is 25.5 Å². The zero-order valence-corrected chi connectivity index (χ0v) is 19.9. The SMILES string of the molecule is COc1ccc2nccc(C(O)CN3CCC(NCC(=O)Nc4cccc(C5C=N5)c4)CC3)c2c1. The van der Waals surface area contributed by atoms with Crippen molar-refractivity contribution in [1.82, 2.24) is 15.2 Å². The van der Waals surface area contributed by atoms with Crippen molar-refractivity contribution in [1.29, 1.82) is 0 Å². The van der Waals surface area contributed by atoms with Crippen LogP contribution in [-0.4, -0.2) is 66.4 Å². The second-order valence-electron chi connectivity index (χ2n) is 9.17. The summed E-state index contributed by atoms with van der Waals surface area (Å²) in [6.45, 7) is 2.57. The number of aromatic nitrogens is 1. The van der Waals surface area contributed by atoms with E-state index >= 15 is 0 Å². The lowest BCUT2D eigenvalue weighted by Gasteiger charge is -2.33. The number of benzene rings is 2.